The summed E-state index contributed by atoms with van der Waals surface area (Å²) in [6.07, 6.45) is 2.70. The molecule has 0 aliphatic heterocycles. The van der Waals surface area contributed by atoms with Crippen LogP contribution < -0.4 is 5.32 Å². The molecule has 2 nitrogen and oxygen atoms in total. The minimum atomic E-state index is 0.282. The van der Waals surface area contributed by atoms with E-state index in [4.69, 9.17) is 23.2 Å². The second-order valence-corrected chi connectivity index (χ2v) is 6.36. The fraction of sp³-hybridized carbons (Fsp3) is 0.600. The van der Waals surface area contributed by atoms with Gasteiger partial charge in [0.1, 0.15) is 0 Å². The van der Waals surface area contributed by atoms with Gasteiger partial charge in [0, 0.05) is 24.7 Å². The zero-order valence-corrected chi connectivity index (χ0v) is 13.3. The third kappa shape index (κ3) is 4.09. The van der Waals surface area contributed by atoms with Crippen LogP contribution in [-0.4, -0.2) is 30.6 Å². The number of halogens is 2. The maximum Gasteiger partial charge on any atom is 0.0595 e. The van der Waals surface area contributed by atoms with Crippen LogP contribution in [0.15, 0.2) is 18.2 Å². The highest BCUT2D eigenvalue weighted by molar-refractivity contribution is 6.42. The molecule has 1 aromatic carbocycles. The maximum absolute atomic E-state index is 6.05. The normalized spacial score (nSPS) is 18.6. The molecule has 1 aromatic rings. The van der Waals surface area contributed by atoms with Crippen molar-refractivity contribution in [1.82, 2.24) is 10.2 Å². The van der Waals surface area contributed by atoms with Crippen molar-refractivity contribution in [2.75, 3.05) is 13.6 Å². The summed E-state index contributed by atoms with van der Waals surface area (Å²) in [5.74, 6) is 0. The van der Waals surface area contributed by atoms with Crippen LogP contribution in [0.25, 0.3) is 0 Å². The molecular weight excluding hydrogens is 279 g/mol. The fourth-order valence-corrected chi connectivity index (χ4v) is 2.54. The van der Waals surface area contributed by atoms with Gasteiger partial charge in [0.05, 0.1) is 10.0 Å². The molecule has 19 heavy (non-hydrogen) atoms. The van der Waals surface area contributed by atoms with Crippen molar-refractivity contribution in [3.63, 3.8) is 0 Å². The molecule has 2 unspecified atom stereocenters. The Balaban J connectivity index is 1.86. The molecule has 2 atom stereocenters. The molecule has 1 fully saturated rings. The molecule has 0 bridgehead atoms. The molecule has 0 aromatic heterocycles. The average Bonchev–Trinajstić information content (AvgIpc) is 3.22. The van der Waals surface area contributed by atoms with Crippen LogP contribution in [-0.2, 0) is 0 Å². The van der Waals surface area contributed by atoms with Gasteiger partial charge >= 0.3 is 0 Å². The highest BCUT2D eigenvalue weighted by atomic mass is 35.5. The van der Waals surface area contributed by atoms with Gasteiger partial charge in [-0.1, -0.05) is 29.3 Å². The van der Waals surface area contributed by atoms with Crippen molar-refractivity contribution in [1.29, 1.82) is 0 Å². The van der Waals surface area contributed by atoms with Gasteiger partial charge in [-0.25, -0.2) is 0 Å². The predicted octanol–water partition coefficient (Wildman–Crippen LogP) is 4.13. The second-order valence-electron chi connectivity index (χ2n) is 5.55. The quantitative estimate of drug-likeness (QED) is 0.850. The topological polar surface area (TPSA) is 15.3 Å². The minimum Gasteiger partial charge on any atom is -0.309 e. The molecule has 0 spiro atoms. The number of rotatable bonds is 6. The van der Waals surface area contributed by atoms with Crippen molar-refractivity contribution in [2.24, 2.45) is 0 Å². The van der Waals surface area contributed by atoms with Crippen molar-refractivity contribution < 1.29 is 0 Å². The van der Waals surface area contributed by atoms with Crippen LogP contribution in [0.5, 0.6) is 0 Å². The Morgan fingerprint density at radius 3 is 2.53 bits per heavy atom. The third-order valence-electron chi connectivity index (χ3n) is 3.98. The van der Waals surface area contributed by atoms with E-state index in [0.29, 0.717) is 16.1 Å². The maximum atomic E-state index is 6.05. The Bertz CT molecular complexity index is 432. The zero-order valence-electron chi connectivity index (χ0n) is 11.8. The van der Waals surface area contributed by atoms with Gasteiger partial charge in [-0.15, -0.1) is 0 Å². The first-order valence-electron chi connectivity index (χ1n) is 6.89. The number of likely N-dealkylation sites (N-methyl/N-ethyl adjacent to an activating group) is 1. The summed E-state index contributed by atoms with van der Waals surface area (Å²) >= 11 is 12.0. The first-order valence-corrected chi connectivity index (χ1v) is 7.65. The predicted molar refractivity (Wildman–Crippen MR) is 83.1 cm³/mol. The molecule has 1 N–H and O–H groups in total. The first kappa shape index (κ1) is 15.1. The molecular formula is C15H22Cl2N2. The van der Waals surface area contributed by atoms with E-state index < -0.39 is 0 Å². The van der Waals surface area contributed by atoms with Gasteiger partial charge in [-0.05, 0) is 51.4 Å². The molecule has 0 amide bonds. The summed E-state index contributed by atoms with van der Waals surface area (Å²) in [5.41, 5.74) is 1.18. The molecule has 0 saturated heterocycles. The first-order chi connectivity index (χ1) is 8.99. The highest BCUT2D eigenvalue weighted by Crippen LogP contribution is 2.27. The van der Waals surface area contributed by atoms with E-state index in [2.05, 4.69) is 31.1 Å². The number of nitrogens with zero attached hydrogens (tertiary/aromatic N) is 1. The number of hydrogen-bond donors (Lipinski definition) is 1. The smallest absolute Gasteiger partial charge is 0.0595 e. The van der Waals surface area contributed by atoms with Crippen LogP contribution in [0.4, 0.5) is 0 Å². The van der Waals surface area contributed by atoms with E-state index in [1.54, 1.807) is 0 Å². The lowest BCUT2D eigenvalue weighted by Crippen LogP contribution is -2.39. The molecule has 1 saturated carbocycles. The van der Waals surface area contributed by atoms with Gasteiger partial charge in [0.15, 0.2) is 0 Å². The monoisotopic (exact) mass is 300 g/mol. The van der Waals surface area contributed by atoms with Crippen LogP contribution in [0.2, 0.25) is 10.0 Å². The van der Waals surface area contributed by atoms with Crippen LogP contribution in [0, 0.1) is 0 Å². The molecule has 0 heterocycles. The Kier molecular flexibility index (Phi) is 5.13. The highest BCUT2D eigenvalue weighted by Gasteiger charge is 2.29. The fourth-order valence-electron chi connectivity index (χ4n) is 2.23. The molecule has 1 aliphatic carbocycles. The third-order valence-corrected chi connectivity index (χ3v) is 4.72. The van der Waals surface area contributed by atoms with Crippen LogP contribution in [0.3, 0.4) is 0 Å². The largest absolute Gasteiger partial charge is 0.309 e. The summed E-state index contributed by atoms with van der Waals surface area (Å²) < 4.78 is 0. The standard InChI is InChI=1S/C15H22Cl2N2/c1-10(19(3)13-5-6-13)9-18-11(2)12-4-7-14(16)15(17)8-12/h4,7-8,10-11,13,18H,5-6,9H2,1-3H3. The lowest BCUT2D eigenvalue weighted by Gasteiger charge is -2.26. The SMILES string of the molecule is CC(NCC(C)N(C)C1CC1)c1ccc(Cl)c(Cl)c1. The molecule has 0 radical (unpaired) electrons. The van der Waals surface area contributed by atoms with E-state index in [1.807, 2.05) is 18.2 Å². The van der Waals surface area contributed by atoms with Gasteiger partial charge in [0.2, 0.25) is 0 Å². The van der Waals surface area contributed by atoms with E-state index in [9.17, 15) is 0 Å². The van der Waals surface area contributed by atoms with Crippen LogP contribution >= 0.6 is 23.2 Å². The summed E-state index contributed by atoms with van der Waals surface area (Å²) in [7, 11) is 2.22. The van der Waals surface area contributed by atoms with Crippen LogP contribution in [0.1, 0.15) is 38.3 Å². The van der Waals surface area contributed by atoms with E-state index in [0.717, 1.165) is 12.6 Å². The second kappa shape index (κ2) is 6.45. The van der Waals surface area contributed by atoms with E-state index >= 15 is 0 Å². The van der Waals surface area contributed by atoms with E-state index in [1.165, 1.54) is 18.4 Å². The Morgan fingerprint density at radius 1 is 1.26 bits per heavy atom. The summed E-state index contributed by atoms with van der Waals surface area (Å²) in [5, 5.41) is 4.80. The Labute approximate surface area is 126 Å². The lowest BCUT2D eigenvalue weighted by molar-refractivity contribution is 0.237. The summed E-state index contributed by atoms with van der Waals surface area (Å²) in [4.78, 5) is 2.47. The van der Waals surface area contributed by atoms with Crippen molar-refractivity contribution >= 4 is 23.2 Å². The van der Waals surface area contributed by atoms with Crippen molar-refractivity contribution in [3.8, 4) is 0 Å². The number of hydrogen-bond acceptors (Lipinski definition) is 2. The van der Waals surface area contributed by atoms with Gasteiger partial charge < -0.3 is 5.32 Å². The van der Waals surface area contributed by atoms with Crippen molar-refractivity contribution in [2.45, 2.75) is 44.8 Å². The average molecular weight is 301 g/mol. The Hall–Kier alpha value is -0.280. The van der Waals surface area contributed by atoms with E-state index in [-0.39, 0.29) is 6.04 Å². The summed E-state index contributed by atoms with van der Waals surface area (Å²) in [6.45, 7) is 5.41. The summed E-state index contributed by atoms with van der Waals surface area (Å²) in [6, 6.07) is 7.47. The zero-order chi connectivity index (χ0) is 14.0. The molecule has 106 valence electrons. The van der Waals surface area contributed by atoms with Gasteiger partial charge in [-0.2, -0.15) is 0 Å². The van der Waals surface area contributed by atoms with Gasteiger partial charge in [-0.3, -0.25) is 4.90 Å². The lowest BCUT2D eigenvalue weighted by atomic mass is 10.1. The van der Waals surface area contributed by atoms with Crippen molar-refractivity contribution in [3.05, 3.63) is 33.8 Å². The molecule has 2 rings (SSSR count). The molecule has 1 aliphatic rings. The van der Waals surface area contributed by atoms with Gasteiger partial charge in [0.25, 0.3) is 0 Å². The minimum absolute atomic E-state index is 0.282. The molecule has 4 heteroatoms. The Morgan fingerprint density at radius 2 is 1.95 bits per heavy atom. The number of nitrogens with one attached hydrogen (secondary N) is 1. The number of benzene rings is 1.